The van der Waals surface area contributed by atoms with Crippen LogP contribution in [-0.4, -0.2) is 55.5 Å². The molecule has 0 aromatic heterocycles. The van der Waals surface area contributed by atoms with E-state index in [2.05, 4.69) is 5.32 Å². The van der Waals surface area contributed by atoms with Gasteiger partial charge in [-0.3, -0.25) is 9.69 Å². The van der Waals surface area contributed by atoms with Crippen molar-refractivity contribution in [2.75, 3.05) is 39.8 Å². The SMILES string of the molecule is CN(CC(=O)N1CCNCC1)Cc1ccccc1Cl.Cl. The van der Waals surface area contributed by atoms with Crippen LogP contribution in [-0.2, 0) is 11.3 Å². The number of likely N-dealkylation sites (N-methyl/N-ethyl adjacent to an activating group) is 1. The molecule has 1 N–H and O–H groups in total. The van der Waals surface area contributed by atoms with Gasteiger partial charge in [-0.15, -0.1) is 12.4 Å². The number of nitrogens with zero attached hydrogens (tertiary/aromatic N) is 2. The van der Waals surface area contributed by atoms with E-state index in [-0.39, 0.29) is 18.3 Å². The Balaban J connectivity index is 0.00000200. The summed E-state index contributed by atoms with van der Waals surface area (Å²) < 4.78 is 0. The van der Waals surface area contributed by atoms with Crippen molar-refractivity contribution in [3.8, 4) is 0 Å². The van der Waals surface area contributed by atoms with Crippen LogP contribution in [0.1, 0.15) is 5.56 Å². The van der Waals surface area contributed by atoms with Crippen molar-refractivity contribution in [1.82, 2.24) is 15.1 Å². The Kier molecular flexibility index (Phi) is 7.30. The van der Waals surface area contributed by atoms with Crippen LogP contribution in [0.4, 0.5) is 0 Å². The second-order valence-electron chi connectivity index (χ2n) is 4.89. The molecule has 0 bridgehead atoms. The molecule has 1 saturated heterocycles. The van der Waals surface area contributed by atoms with Crippen molar-refractivity contribution >= 4 is 29.9 Å². The van der Waals surface area contributed by atoms with Crippen LogP contribution in [0.25, 0.3) is 0 Å². The van der Waals surface area contributed by atoms with Crippen LogP contribution in [0.15, 0.2) is 24.3 Å². The molecular weight excluding hydrogens is 297 g/mol. The molecule has 0 unspecified atom stereocenters. The maximum absolute atomic E-state index is 12.1. The topological polar surface area (TPSA) is 35.6 Å². The summed E-state index contributed by atoms with van der Waals surface area (Å²) in [7, 11) is 1.95. The van der Waals surface area contributed by atoms with Gasteiger partial charge in [0.15, 0.2) is 0 Å². The van der Waals surface area contributed by atoms with Gasteiger partial charge in [-0.05, 0) is 18.7 Å². The second kappa shape index (κ2) is 8.47. The molecule has 4 nitrogen and oxygen atoms in total. The van der Waals surface area contributed by atoms with Gasteiger partial charge in [0.2, 0.25) is 5.91 Å². The number of carbonyl (C=O) groups excluding carboxylic acids is 1. The maximum Gasteiger partial charge on any atom is 0.236 e. The first-order valence-electron chi connectivity index (χ1n) is 6.57. The van der Waals surface area contributed by atoms with Gasteiger partial charge in [0.25, 0.3) is 0 Å². The first kappa shape index (κ1) is 17.2. The summed E-state index contributed by atoms with van der Waals surface area (Å²) >= 11 is 6.12. The highest BCUT2D eigenvalue weighted by Crippen LogP contribution is 2.16. The number of hydrogen-bond acceptors (Lipinski definition) is 3. The molecule has 6 heteroatoms. The molecule has 2 rings (SSSR count). The summed E-state index contributed by atoms with van der Waals surface area (Å²) in [4.78, 5) is 16.0. The predicted octanol–water partition coefficient (Wildman–Crippen LogP) is 1.63. The quantitative estimate of drug-likeness (QED) is 0.916. The van der Waals surface area contributed by atoms with Gasteiger partial charge in [0.1, 0.15) is 0 Å². The number of nitrogens with one attached hydrogen (secondary N) is 1. The Labute approximate surface area is 131 Å². The summed E-state index contributed by atoms with van der Waals surface area (Å²) in [6.45, 7) is 4.51. The lowest BCUT2D eigenvalue weighted by Crippen LogP contribution is -2.49. The number of halogens is 2. The van der Waals surface area contributed by atoms with Crippen LogP contribution in [0.5, 0.6) is 0 Å². The van der Waals surface area contributed by atoms with Crippen molar-refractivity contribution in [2.24, 2.45) is 0 Å². The molecule has 1 fully saturated rings. The first-order chi connectivity index (χ1) is 9.16. The van der Waals surface area contributed by atoms with E-state index in [9.17, 15) is 4.79 Å². The molecule has 1 aromatic rings. The average Bonchev–Trinajstić information content (AvgIpc) is 2.42. The number of benzene rings is 1. The zero-order valence-corrected chi connectivity index (χ0v) is 13.2. The van der Waals surface area contributed by atoms with Crippen LogP contribution in [0.2, 0.25) is 5.02 Å². The summed E-state index contributed by atoms with van der Waals surface area (Å²) in [5.74, 6) is 0.191. The van der Waals surface area contributed by atoms with Crippen molar-refractivity contribution < 1.29 is 4.79 Å². The highest BCUT2D eigenvalue weighted by atomic mass is 35.5. The van der Waals surface area contributed by atoms with E-state index in [1.807, 2.05) is 41.1 Å². The minimum absolute atomic E-state index is 0. The van der Waals surface area contributed by atoms with Gasteiger partial charge < -0.3 is 10.2 Å². The van der Waals surface area contributed by atoms with Crippen molar-refractivity contribution in [3.63, 3.8) is 0 Å². The van der Waals surface area contributed by atoms with E-state index in [4.69, 9.17) is 11.6 Å². The number of carbonyl (C=O) groups is 1. The Morgan fingerprint density at radius 3 is 2.65 bits per heavy atom. The number of hydrogen-bond donors (Lipinski definition) is 1. The molecule has 1 amide bonds. The van der Waals surface area contributed by atoms with E-state index in [0.717, 1.165) is 36.8 Å². The lowest BCUT2D eigenvalue weighted by atomic mass is 10.2. The maximum atomic E-state index is 12.1. The monoisotopic (exact) mass is 317 g/mol. The minimum atomic E-state index is 0. The van der Waals surface area contributed by atoms with Crippen LogP contribution in [0.3, 0.4) is 0 Å². The van der Waals surface area contributed by atoms with Crippen LogP contribution >= 0.6 is 24.0 Å². The zero-order chi connectivity index (χ0) is 13.7. The molecular formula is C14H21Cl2N3O. The van der Waals surface area contributed by atoms with Gasteiger partial charge in [0.05, 0.1) is 6.54 Å². The molecule has 1 aliphatic heterocycles. The smallest absolute Gasteiger partial charge is 0.236 e. The van der Waals surface area contributed by atoms with Gasteiger partial charge in [-0.25, -0.2) is 0 Å². The van der Waals surface area contributed by atoms with Gasteiger partial charge in [0, 0.05) is 37.7 Å². The molecule has 1 aliphatic rings. The Morgan fingerprint density at radius 1 is 1.35 bits per heavy atom. The minimum Gasteiger partial charge on any atom is -0.339 e. The molecule has 112 valence electrons. The third-order valence-electron chi connectivity index (χ3n) is 3.27. The molecule has 1 heterocycles. The van der Waals surface area contributed by atoms with Crippen molar-refractivity contribution in [1.29, 1.82) is 0 Å². The molecule has 20 heavy (non-hydrogen) atoms. The molecule has 0 saturated carbocycles. The number of amides is 1. The van der Waals surface area contributed by atoms with Crippen molar-refractivity contribution in [3.05, 3.63) is 34.9 Å². The van der Waals surface area contributed by atoms with Gasteiger partial charge >= 0.3 is 0 Å². The van der Waals surface area contributed by atoms with Gasteiger partial charge in [-0.2, -0.15) is 0 Å². The predicted molar refractivity (Wildman–Crippen MR) is 84.5 cm³/mol. The molecule has 1 aromatic carbocycles. The summed E-state index contributed by atoms with van der Waals surface area (Å²) in [5, 5.41) is 4.00. The van der Waals surface area contributed by atoms with E-state index in [1.165, 1.54) is 0 Å². The van der Waals surface area contributed by atoms with Crippen molar-refractivity contribution in [2.45, 2.75) is 6.54 Å². The highest BCUT2D eigenvalue weighted by Gasteiger charge is 2.17. The van der Waals surface area contributed by atoms with Gasteiger partial charge in [-0.1, -0.05) is 29.8 Å². The Bertz CT molecular complexity index is 436. The third-order valence-corrected chi connectivity index (χ3v) is 3.64. The summed E-state index contributed by atoms with van der Waals surface area (Å²) in [5.41, 5.74) is 1.06. The lowest BCUT2D eigenvalue weighted by Gasteiger charge is -2.29. The third kappa shape index (κ3) is 4.94. The standard InChI is InChI=1S/C14H20ClN3O.ClH/c1-17(10-12-4-2-3-5-13(12)15)11-14(19)18-8-6-16-7-9-18;/h2-5,16H,6-11H2,1H3;1H. The number of piperazine rings is 1. The van der Waals surface area contributed by atoms with Crippen LogP contribution < -0.4 is 5.32 Å². The summed E-state index contributed by atoms with van der Waals surface area (Å²) in [6, 6.07) is 7.75. The molecule has 0 spiro atoms. The fraction of sp³-hybridized carbons (Fsp3) is 0.500. The van der Waals surface area contributed by atoms with E-state index >= 15 is 0 Å². The normalized spacial score (nSPS) is 15.1. The molecule has 0 atom stereocenters. The Morgan fingerprint density at radius 2 is 2.00 bits per heavy atom. The average molecular weight is 318 g/mol. The zero-order valence-electron chi connectivity index (χ0n) is 11.6. The lowest BCUT2D eigenvalue weighted by molar-refractivity contribution is -0.132. The fourth-order valence-corrected chi connectivity index (χ4v) is 2.41. The molecule has 0 radical (unpaired) electrons. The van der Waals surface area contributed by atoms with Crippen LogP contribution in [0, 0.1) is 0 Å². The largest absolute Gasteiger partial charge is 0.339 e. The fourth-order valence-electron chi connectivity index (χ4n) is 2.22. The van der Waals surface area contributed by atoms with E-state index in [1.54, 1.807) is 0 Å². The second-order valence-corrected chi connectivity index (χ2v) is 5.30. The first-order valence-corrected chi connectivity index (χ1v) is 6.95. The number of rotatable bonds is 4. The van der Waals surface area contributed by atoms with E-state index in [0.29, 0.717) is 13.1 Å². The molecule has 0 aliphatic carbocycles. The summed E-state index contributed by atoms with van der Waals surface area (Å²) in [6.07, 6.45) is 0. The van der Waals surface area contributed by atoms with E-state index < -0.39 is 0 Å². The highest BCUT2D eigenvalue weighted by molar-refractivity contribution is 6.31. The Hall–Kier alpha value is -0.810.